The molecular weight excluding hydrogens is 579 g/mol. The number of ether oxygens (including phenoxy) is 3. The molecule has 232 valence electrons. The Bertz CT molecular complexity index is 1520. The van der Waals surface area contributed by atoms with E-state index in [2.05, 4.69) is 9.72 Å². The first kappa shape index (κ1) is 30.8. The number of halogens is 3. The highest BCUT2D eigenvalue weighted by molar-refractivity contribution is 6.04. The number of alkyl halides is 2. The highest BCUT2D eigenvalue weighted by Crippen LogP contribution is 2.39. The lowest BCUT2D eigenvalue weighted by Crippen LogP contribution is -2.40. The molecule has 1 aliphatic carbocycles. The van der Waals surface area contributed by atoms with Crippen LogP contribution in [0.4, 0.5) is 18.9 Å². The molecular formula is C32H32F3N3O6. The van der Waals surface area contributed by atoms with Crippen LogP contribution in [0.2, 0.25) is 0 Å². The number of hydrogen-bond acceptors (Lipinski definition) is 7. The summed E-state index contributed by atoms with van der Waals surface area (Å²) in [7, 11) is 1.54. The maximum absolute atomic E-state index is 13.3. The molecule has 3 aromatic rings. The molecule has 2 heterocycles. The molecule has 1 saturated carbocycles. The number of anilines is 1. The monoisotopic (exact) mass is 611 g/mol. The number of pyridine rings is 1. The Morgan fingerprint density at radius 2 is 1.80 bits per heavy atom. The van der Waals surface area contributed by atoms with Crippen LogP contribution in [0.25, 0.3) is 0 Å². The number of carbonyl (C=O) groups is 3. The van der Waals surface area contributed by atoms with Crippen molar-refractivity contribution in [1.29, 1.82) is 0 Å². The average molecular weight is 612 g/mol. The quantitative estimate of drug-likeness (QED) is 0.270. The molecule has 2 aromatic carbocycles. The molecule has 2 atom stereocenters. The first-order valence-corrected chi connectivity index (χ1v) is 14.2. The van der Waals surface area contributed by atoms with Gasteiger partial charge in [-0.25, -0.2) is 14.2 Å². The van der Waals surface area contributed by atoms with E-state index in [1.54, 1.807) is 31.3 Å². The van der Waals surface area contributed by atoms with Crippen molar-refractivity contribution in [2.24, 2.45) is 5.92 Å². The fraction of sp³-hybridized carbons (Fsp3) is 0.375. The first-order valence-electron chi connectivity index (χ1n) is 14.2. The van der Waals surface area contributed by atoms with E-state index in [0.29, 0.717) is 23.9 Å². The Labute approximate surface area is 252 Å². The molecule has 1 aliphatic heterocycles. The summed E-state index contributed by atoms with van der Waals surface area (Å²) in [5.41, 5.74) is 1.63. The smallest absolute Gasteiger partial charge is 0.387 e. The van der Waals surface area contributed by atoms with Crippen LogP contribution in [0.1, 0.15) is 53.8 Å². The topological polar surface area (TPSA) is 98.3 Å². The molecule has 12 heteroatoms. The van der Waals surface area contributed by atoms with Crippen molar-refractivity contribution in [2.45, 2.75) is 51.4 Å². The fourth-order valence-corrected chi connectivity index (χ4v) is 5.10. The lowest BCUT2D eigenvalue weighted by Gasteiger charge is -2.21. The summed E-state index contributed by atoms with van der Waals surface area (Å²) in [6, 6.07) is 14.0. The van der Waals surface area contributed by atoms with Crippen molar-refractivity contribution in [3.8, 4) is 11.5 Å². The van der Waals surface area contributed by atoms with Crippen LogP contribution < -0.4 is 14.4 Å². The Hall–Kier alpha value is -4.61. The predicted octanol–water partition coefficient (Wildman–Crippen LogP) is 5.34. The summed E-state index contributed by atoms with van der Waals surface area (Å²) in [4.78, 5) is 45.7. The minimum absolute atomic E-state index is 0.0705. The summed E-state index contributed by atoms with van der Waals surface area (Å²) < 4.78 is 55.2. The van der Waals surface area contributed by atoms with Crippen LogP contribution in [-0.2, 0) is 20.9 Å². The van der Waals surface area contributed by atoms with E-state index in [0.717, 1.165) is 18.4 Å². The molecule has 5 rings (SSSR count). The number of hydrogen-bond donors (Lipinski definition) is 0. The summed E-state index contributed by atoms with van der Waals surface area (Å²) in [5.74, 6) is -1.56. The zero-order chi connectivity index (χ0) is 31.4. The van der Waals surface area contributed by atoms with Gasteiger partial charge in [0.1, 0.15) is 24.2 Å². The van der Waals surface area contributed by atoms with Crippen LogP contribution in [0, 0.1) is 11.7 Å². The number of rotatable bonds is 11. The molecule has 0 radical (unpaired) electrons. The number of carbonyl (C=O) groups excluding carboxylic acids is 3. The SMILES string of the molecule is CC(=O)N1CC(c2ccc(OC(F)F)c(OCC3CC3)c2)C[C@@H]1C(=O)OCc1cccc(C(=O)N(C)c2ccc(F)cc2)n1. The maximum Gasteiger partial charge on any atom is 0.387 e. The van der Waals surface area contributed by atoms with Gasteiger partial charge < -0.3 is 24.0 Å². The molecule has 9 nitrogen and oxygen atoms in total. The summed E-state index contributed by atoms with van der Waals surface area (Å²) in [6.07, 6.45) is 2.30. The average Bonchev–Trinajstić information content (AvgIpc) is 3.73. The largest absolute Gasteiger partial charge is 0.489 e. The van der Waals surface area contributed by atoms with E-state index in [-0.39, 0.29) is 48.6 Å². The van der Waals surface area contributed by atoms with Gasteiger partial charge in [0, 0.05) is 32.1 Å². The maximum atomic E-state index is 13.3. The zero-order valence-electron chi connectivity index (χ0n) is 24.3. The number of esters is 1. The summed E-state index contributed by atoms with van der Waals surface area (Å²) in [5, 5.41) is 0. The van der Waals surface area contributed by atoms with Crippen LogP contribution in [-0.4, -0.2) is 60.5 Å². The normalized spacial score (nSPS) is 17.8. The van der Waals surface area contributed by atoms with Crippen molar-refractivity contribution in [2.75, 3.05) is 25.1 Å². The fourth-order valence-electron chi connectivity index (χ4n) is 5.10. The van der Waals surface area contributed by atoms with Crippen LogP contribution >= 0.6 is 0 Å². The van der Waals surface area contributed by atoms with Gasteiger partial charge in [-0.15, -0.1) is 0 Å². The Kier molecular flexibility index (Phi) is 9.36. The zero-order valence-corrected chi connectivity index (χ0v) is 24.3. The van der Waals surface area contributed by atoms with E-state index < -0.39 is 30.3 Å². The van der Waals surface area contributed by atoms with Crippen molar-refractivity contribution in [3.05, 3.63) is 83.4 Å². The van der Waals surface area contributed by atoms with E-state index in [9.17, 15) is 27.6 Å². The van der Waals surface area contributed by atoms with E-state index in [4.69, 9.17) is 9.47 Å². The van der Waals surface area contributed by atoms with Crippen LogP contribution in [0.15, 0.2) is 60.7 Å². The van der Waals surface area contributed by atoms with Crippen LogP contribution in [0.5, 0.6) is 11.5 Å². The minimum Gasteiger partial charge on any atom is -0.489 e. The molecule has 2 amide bonds. The molecule has 44 heavy (non-hydrogen) atoms. The van der Waals surface area contributed by atoms with Gasteiger partial charge in [-0.05, 0) is 79.3 Å². The lowest BCUT2D eigenvalue weighted by atomic mass is 9.96. The molecule has 0 spiro atoms. The van der Waals surface area contributed by atoms with E-state index >= 15 is 0 Å². The number of benzene rings is 2. The number of aromatic nitrogens is 1. The number of amides is 2. The third-order valence-electron chi connectivity index (χ3n) is 7.71. The molecule has 2 aliphatic rings. The standard InChI is InChI=1S/C32H32F3N3O6/c1-19(39)38-16-22(21-8-13-28(44-32(34)35)29(15-21)42-17-20-6-7-20)14-27(38)31(41)43-18-24-4-3-5-26(36-24)30(40)37(2)25-11-9-23(33)10-12-25/h3-5,8-13,15,20,22,27,32H,6-7,14,16-18H2,1-2H3/t22?,27-/m1/s1. The Morgan fingerprint density at radius 1 is 1.05 bits per heavy atom. The Morgan fingerprint density at radius 3 is 2.48 bits per heavy atom. The first-order chi connectivity index (χ1) is 21.1. The van der Waals surface area contributed by atoms with Gasteiger partial charge in [-0.1, -0.05) is 12.1 Å². The van der Waals surface area contributed by atoms with Crippen LogP contribution in [0.3, 0.4) is 0 Å². The molecule has 0 bridgehead atoms. The van der Waals surface area contributed by atoms with Gasteiger partial charge in [-0.2, -0.15) is 8.78 Å². The third kappa shape index (κ3) is 7.47. The van der Waals surface area contributed by atoms with Gasteiger partial charge in [-0.3, -0.25) is 9.59 Å². The molecule has 1 aromatic heterocycles. The lowest BCUT2D eigenvalue weighted by molar-refractivity contribution is -0.154. The molecule has 2 fully saturated rings. The van der Waals surface area contributed by atoms with Crippen molar-refractivity contribution >= 4 is 23.5 Å². The molecule has 1 saturated heterocycles. The van der Waals surface area contributed by atoms with Crippen molar-refractivity contribution in [3.63, 3.8) is 0 Å². The van der Waals surface area contributed by atoms with Gasteiger partial charge in [0.2, 0.25) is 5.91 Å². The van der Waals surface area contributed by atoms with E-state index in [1.807, 2.05) is 0 Å². The summed E-state index contributed by atoms with van der Waals surface area (Å²) >= 11 is 0. The number of nitrogens with zero attached hydrogens (tertiary/aromatic N) is 3. The molecule has 0 N–H and O–H groups in total. The summed E-state index contributed by atoms with van der Waals surface area (Å²) in [6.45, 7) is -1.26. The van der Waals surface area contributed by atoms with Gasteiger partial charge in [0.05, 0.1) is 12.3 Å². The second-order valence-corrected chi connectivity index (χ2v) is 10.9. The number of likely N-dealkylation sites (tertiary alicyclic amines) is 1. The minimum atomic E-state index is -3.01. The second kappa shape index (κ2) is 13.4. The van der Waals surface area contributed by atoms with Gasteiger partial charge in [0.25, 0.3) is 5.91 Å². The van der Waals surface area contributed by atoms with Crippen molar-refractivity contribution in [1.82, 2.24) is 9.88 Å². The third-order valence-corrected chi connectivity index (χ3v) is 7.71. The Balaban J connectivity index is 1.25. The second-order valence-electron chi connectivity index (χ2n) is 10.9. The van der Waals surface area contributed by atoms with Gasteiger partial charge in [0.15, 0.2) is 11.5 Å². The van der Waals surface area contributed by atoms with E-state index in [1.165, 1.54) is 53.1 Å². The highest BCUT2D eigenvalue weighted by atomic mass is 19.3. The van der Waals surface area contributed by atoms with Gasteiger partial charge >= 0.3 is 12.6 Å². The molecule has 1 unspecified atom stereocenters. The predicted molar refractivity (Wildman–Crippen MR) is 153 cm³/mol. The van der Waals surface area contributed by atoms with Crippen molar-refractivity contribution < 1.29 is 41.8 Å². The highest BCUT2D eigenvalue weighted by Gasteiger charge is 2.40.